The standard InChI is InChI=1S/C12H20/c1-5-8-12(4)10-7-6-9-11(2)3/h5-8,12H,2,9-10H2,1,3-4H3/b7-6-,8-5?. The summed E-state index contributed by atoms with van der Waals surface area (Å²) in [6.45, 7) is 10.2. The lowest BCUT2D eigenvalue weighted by Gasteiger charge is -1.99. The second-order valence-corrected chi connectivity index (χ2v) is 3.37. The lowest BCUT2D eigenvalue weighted by Crippen LogP contribution is -1.84. The topological polar surface area (TPSA) is 0 Å². The molecule has 68 valence electrons. The molecule has 0 saturated heterocycles. The second-order valence-electron chi connectivity index (χ2n) is 3.37. The van der Waals surface area contributed by atoms with Gasteiger partial charge in [-0.1, -0.05) is 43.4 Å². The van der Waals surface area contributed by atoms with Gasteiger partial charge in [-0.05, 0) is 32.6 Å². The van der Waals surface area contributed by atoms with E-state index in [0.29, 0.717) is 5.92 Å². The van der Waals surface area contributed by atoms with Crippen molar-refractivity contribution >= 4 is 0 Å². The maximum atomic E-state index is 3.84. The third-order valence-electron chi connectivity index (χ3n) is 1.66. The number of hydrogen-bond acceptors (Lipinski definition) is 0. The van der Waals surface area contributed by atoms with Crippen LogP contribution in [0.4, 0.5) is 0 Å². The van der Waals surface area contributed by atoms with E-state index in [9.17, 15) is 0 Å². The number of hydrogen-bond donors (Lipinski definition) is 0. The molecular weight excluding hydrogens is 144 g/mol. The lowest BCUT2D eigenvalue weighted by molar-refractivity contribution is 0.741. The Hall–Kier alpha value is -0.780. The average Bonchev–Trinajstić information content (AvgIpc) is 1.98. The van der Waals surface area contributed by atoms with E-state index < -0.39 is 0 Å². The van der Waals surface area contributed by atoms with Gasteiger partial charge < -0.3 is 0 Å². The summed E-state index contributed by atoms with van der Waals surface area (Å²) in [5, 5.41) is 0. The summed E-state index contributed by atoms with van der Waals surface area (Å²) in [6, 6.07) is 0. The van der Waals surface area contributed by atoms with Gasteiger partial charge in [-0.2, -0.15) is 0 Å². The third-order valence-corrected chi connectivity index (χ3v) is 1.66. The molecule has 0 N–H and O–H groups in total. The van der Waals surface area contributed by atoms with Crippen molar-refractivity contribution < 1.29 is 0 Å². The molecule has 1 unspecified atom stereocenters. The first kappa shape index (κ1) is 11.2. The smallest absolute Gasteiger partial charge is 0.0144 e. The summed E-state index contributed by atoms with van der Waals surface area (Å²) in [6.07, 6.45) is 10.9. The molecule has 0 aliphatic heterocycles. The van der Waals surface area contributed by atoms with Crippen molar-refractivity contribution in [3.8, 4) is 0 Å². The van der Waals surface area contributed by atoms with Gasteiger partial charge in [-0.25, -0.2) is 0 Å². The van der Waals surface area contributed by atoms with Crippen LogP contribution in [0.3, 0.4) is 0 Å². The normalized spacial score (nSPS) is 14.2. The fraction of sp³-hybridized carbons (Fsp3) is 0.500. The van der Waals surface area contributed by atoms with Crippen molar-refractivity contribution in [2.45, 2.75) is 33.6 Å². The molecule has 0 heteroatoms. The molecule has 1 atom stereocenters. The fourth-order valence-corrected chi connectivity index (χ4v) is 1.00. The van der Waals surface area contributed by atoms with Gasteiger partial charge in [0.25, 0.3) is 0 Å². The van der Waals surface area contributed by atoms with Crippen molar-refractivity contribution in [2.24, 2.45) is 5.92 Å². The molecule has 0 rings (SSSR count). The molecule has 0 bridgehead atoms. The van der Waals surface area contributed by atoms with Gasteiger partial charge in [0.2, 0.25) is 0 Å². The van der Waals surface area contributed by atoms with Crippen LogP contribution < -0.4 is 0 Å². The highest BCUT2D eigenvalue weighted by molar-refractivity contribution is 4.99. The van der Waals surface area contributed by atoms with E-state index in [0.717, 1.165) is 12.8 Å². The number of allylic oxidation sites excluding steroid dienone is 5. The zero-order valence-corrected chi connectivity index (χ0v) is 8.51. The maximum absolute atomic E-state index is 3.84. The van der Waals surface area contributed by atoms with E-state index in [4.69, 9.17) is 0 Å². The van der Waals surface area contributed by atoms with E-state index in [1.165, 1.54) is 5.57 Å². The van der Waals surface area contributed by atoms with Crippen LogP contribution in [-0.4, -0.2) is 0 Å². The van der Waals surface area contributed by atoms with Gasteiger partial charge in [0, 0.05) is 0 Å². The summed E-state index contributed by atoms with van der Waals surface area (Å²) in [4.78, 5) is 0. The average molecular weight is 164 g/mol. The van der Waals surface area contributed by atoms with E-state index in [2.05, 4.69) is 51.7 Å². The summed E-state index contributed by atoms with van der Waals surface area (Å²) in [5.74, 6) is 0.663. The molecule has 0 nitrogen and oxygen atoms in total. The first-order valence-corrected chi connectivity index (χ1v) is 4.59. The predicted octanol–water partition coefficient (Wildman–Crippen LogP) is 4.11. The van der Waals surface area contributed by atoms with Crippen molar-refractivity contribution in [1.29, 1.82) is 0 Å². The Bertz CT molecular complexity index is 172. The Morgan fingerprint density at radius 2 is 2.08 bits per heavy atom. The van der Waals surface area contributed by atoms with Crippen molar-refractivity contribution in [1.82, 2.24) is 0 Å². The molecule has 0 aliphatic rings. The molecule has 0 aromatic rings. The molecule has 0 aromatic carbocycles. The zero-order chi connectivity index (χ0) is 9.40. The Labute approximate surface area is 76.7 Å². The Morgan fingerprint density at radius 3 is 2.58 bits per heavy atom. The molecule has 0 aromatic heterocycles. The van der Waals surface area contributed by atoms with Crippen molar-refractivity contribution in [3.63, 3.8) is 0 Å². The Kier molecular flexibility index (Phi) is 6.45. The fourth-order valence-electron chi connectivity index (χ4n) is 1.00. The maximum Gasteiger partial charge on any atom is -0.0144 e. The van der Waals surface area contributed by atoms with Gasteiger partial charge >= 0.3 is 0 Å². The van der Waals surface area contributed by atoms with Crippen LogP contribution in [0.1, 0.15) is 33.6 Å². The van der Waals surface area contributed by atoms with Crippen LogP contribution in [0.15, 0.2) is 36.5 Å². The first-order valence-electron chi connectivity index (χ1n) is 4.59. The molecular formula is C12H20. The third kappa shape index (κ3) is 7.33. The predicted molar refractivity (Wildman–Crippen MR) is 57.2 cm³/mol. The summed E-state index contributed by atoms with van der Waals surface area (Å²) in [5.41, 5.74) is 1.23. The van der Waals surface area contributed by atoms with E-state index >= 15 is 0 Å². The van der Waals surface area contributed by atoms with Crippen LogP contribution in [0.5, 0.6) is 0 Å². The van der Waals surface area contributed by atoms with Crippen LogP contribution in [0.2, 0.25) is 0 Å². The van der Waals surface area contributed by atoms with E-state index in [-0.39, 0.29) is 0 Å². The van der Waals surface area contributed by atoms with E-state index in [1.54, 1.807) is 0 Å². The molecule has 0 spiro atoms. The highest BCUT2D eigenvalue weighted by atomic mass is 14.0. The summed E-state index contributed by atoms with van der Waals surface area (Å²) >= 11 is 0. The molecule has 0 aliphatic carbocycles. The van der Waals surface area contributed by atoms with Gasteiger partial charge in [-0.3, -0.25) is 0 Å². The quantitative estimate of drug-likeness (QED) is 0.536. The largest absolute Gasteiger partial charge is 0.0998 e. The van der Waals surface area contributed by atoms with Gasteiger partial charge in [0.15, 0.2) is 0 Å². The van der Waals surface area contributed by atoms with Gasteiger partial charge in [0.05, 0.1) is 0 Å². The minimum Gasteiger partial charge on any atom is -0.0998 e. The minimum absolute atomic E-state index is 0.663. The molecule has 0 saturated carbocycles. The van der Waals surface area contributed by atoms with Crippen molar-refractivity contribution in [3.05, 3.63) is 36.5 Å². The summed E-state index contributed by atoms with van der Waals surface area (Å²) in [7, 11) is 0. The second kappa shape index (κ2) is 6.90. The minimum atomic E-state index is 0.663. The monoisotopic (exact) mass is 164 g/mol. The van der Waals surface area contributed by atoms with Crippen LogP contribution in [-0.2, 0) is 0 Å². The molecule has 12 heavy (non-hydrogen) atoms. The van der Waals surface area contributed by atoms with Crippen LogP contribution in [0.25, 0.3) is 0 Å². The molecule has 0 radical (unpaired) electrons. The SMILES string of the molecule is C=C(C)C/C=C\CC(C)C=CC. The van der Waals surface area contributed by atoms with Crippen molar-refractivity contribution in [2.75, 3.05) is 0 Å². The highest BCUT2D eigenvalue weighted by Crippen LogP contribution is 2.05. The van der Waals surface area contributed by atoms with Gasteiger partial charge in [0.1, 0.15) is 0 Å². The first-order chi connectivity index (χ1) is 5.66. The van der Waals surface area contributed by atoms with Crippen LogP contribution in [0, 0.1) is 5.92 Å². The molecule has 0 heterocycles. The number of rotatable bonds is 5. The van der Waals surface area contributed by atoms with Crippen LogP contribution >= 0.6 is 0 Å². The Morgan fingerprint density at radius 1 is 1.42 bits per heavy atom. The molecule has 0 fully saturated rings. The zero-order valence-electron chi connectivity index (χ0n) is 8.51. The Balaban J connectivity index is 3.53. The molecule has 0 amide bonds. The lowest BCUT2D eigenvalue weighted by atomic mass is 10.1. The highest BCUT2D eigenvalue weighted by Gasteiger charge is 1.90. The van der Waals surface area contributed by atoms with E-state index in [1.807, 2.05) is 0 Å². The van der Waals surface area contributed by atoms with Gasteiger partial charge in [-0.15, -0.1) is 0 Å². The summed E-state index contributed by atoms with van der Waals surface area (Å²) < 4.78 is 0.